The molecule has 3 atom stereocenters. The third kappa shape index (κ3) is 3.60. The Hall–Kier alpha value is -2.41. The van der Waals surface area contributed by atoms with Gasteiger partial charge in [0, 0.05) is 24.6 Å². The fourth-order valence-corrected chi connectivity index (χ4v) is 5.51. The summed E-state index contributed by atoms with van der Waals surface area (Å²) in [5.74, 6) is 0.0221. The number of imide groups is 1. The van der Waals surface area contributed by atoms with Gasteiger partial charge in [-0.25, -0.2) is 0 Å². The highest BCUT2D eigenvalue weighted by Crippen LogP contribution is 2.33. The maximum Gasteiger partial charge on any atom is 0.255 e. The van der Waals surface area contributed by atoms with Crippen molar-refractivity contribution in [1.29, 1.82) is 0 Å². The molecule has 1 saturated carbocycles. The summed E-state index contributed by atoms with van der Waals surface area (Å²) < 4.78 is 6.42. The lowest BCUT2D eigenvalue weighted by Crippen LogP contribution is -2.52. The van der Waals surface area contributed by atoms with Crippen LogP contribution in [0, 0.1) is 0 Å². The Bertz CT molecular complexity index is 864. The molecule has 2 saturated heterocycles. The third-order valence-electron chi connectivity index (χ3n) is 7.06. The molecule has 3 amide bonds. The van der Waals surface area contributed by atoms with Gasteiger partial charge >= 0.3 is 0 Å². The Morgan fingerprint density at radius 2 is 1.80 bits per heavy atom. The molecule has 0 bridgehead atoms. The highest BCUT2D eigenvalue weighted by atomic mass is 16.5. The van der Waals surface area contributed by atoms with E-state index in [0.29, 0.717) is 24.6 Å². The van der Waals surface area contributed by atoms with Crippen LogP contribution in [0.4, 0.5) is 0 Å². The number of rotatable bonds is 4. The minimum atomic E-state index is -0.578. The molecule has 3 fully saturated rings. The summed E-state index contributed by atoms with van der Waals surface area (Å²) in [6.07, 6.45) is 8.19. The summed E-state index contributed by atoms with van der Waals surface area (Å²) >= 11 is 0. The van der Waals surface area contributed by atoms with Crippen molar-refractivity contribution in [3.63, 3.8) is 0 Å². The largest absolute Gasteiger partial charge is 0.489 e. The smallest absolute Gasteiger partial charge is 0.255 e. The molecule has 3 heterocycles. The van der Waals surface area contributed by atoms with E-state index in [-0.39, 0.29) is 30.2 Å². The molecule has 7 nitrogen and oxygen atoms in total. The summed E-state index contributed by atoms with van der Waals surface area (Å²) in [6, 6.07) is 5.58. The number of hydrogen-bond donors (Lipinski definition) is 1. The molecular formula is C23H29N3O4. The minimum Gasteiger partial charge on any atom is -0.489 e. The van der Waals surface area contributed by atoms with Gasteiger partial charge < -0.3 is 9.64 Å². The average molecular weight is 412 g/mol. The minimum absolute atomic E-state index is 0.141. The van der Waals surface area contributed by atoms with E-state index in [4.69, 9.17) is 4.74 Å². The molecule has 1 N–H and O–H groups in total. The van der Waals surface area contributed by atoms with Crippen LogP contribution in [0.3, 0.4) is 0 Å². The second-order valence-electron chi connectivity index (χ2n) is 8.97. The summed E-state index contributed by atoms with van der Waals surface area (Å²) in [7, 11) is 0. The van der Waals surface area contributed by atoms with Gasteiger partial charge in [0.05, 0.1) is 0 Å². The number of carbonyl (C=O) groups excluding carboxylic acids is 3. The number of nitrogens with zero attached hydrogens (tertiary/aromatic N) is 2. The summed E-state index contributed by atoms with van der Waals surface area (Å²) in [4.78, 5) is 40.7. The number of hydrogen-bond acceptors (Lipinski definition) is 5. The van der Waals surface area contributed by atoms with E-state index in [9.17, 15) is 14.4 Å². The molecule has 5 rings (SSSR count). The zero-order chi connectivity index (χ0) is 20.7. The van der Waals surface area contributed by atoms with Gasteiger partial charge in [-0.15, -0.1) is 0 Å². The first kappa shape index (κ1) is 19.5. The molecule has 1 aliphatic carbocycles. The van der Waals surface area contributed by atoms with Crippen molar-refractivity contribution < 1.29 is 19.1 Å². The first-order chi connectivity index (χ1) is 14.6. The Labute approximate surface area is 176 Å². The number of amides is 3. The van der Waals surface area contributed by atoms with Gasteiger partial charge in [0.2, 0.25) is 11.8 Å². The maximum atomic E-state index is 12.9. The van der Waals surface area contributed by atoms with Crippen LogP contribution in [-0.4, -0.2) is 58.8 Å². The fraction of sp³-hybridized carbons (Fsp3) is 0.609. The van der Waals surface area contributed by atoms with Crippen LogP contribution in [0.5, 0.6) is 5.75 Å². The van der Waals surface area contributed by atoms with Crippen LogP contribution in [0.1, 0.15) is 67.3 Å². The fourth-order valence-electron chi connectivity index (χ4n) is 5.51. The van der Waals surface area contributed by atoms with Crippen LogP contribution in [-0.2, 0) is 16.1 Å². The first-order valence-corrected chi connectivity index (χ1v) is 11.3. The second kappa shape index (κ2) is 8.02. The van der Waals surface area contributed by atoms with Gasteiger partial charge in [-0.3, -0.25) is 24.6 Å². The van der Waals surface area contributed by atoms with Gasteiger partial charge in [-0.2, -0.15) is 0 Å². The molecule has 7 heteroatoms. The maximum absolute atomic E-state index is 12.9. The Morgan fingerprint density at radius 3 is 2.60 bits per heavy atom. The van der Waals surface area contributed by atoms with E-state index in [2.05, 4.69) is 10.2 Å². The normalized spacial score (nSPS) is 29.8. The van der Waals surface area contributed by atoms with E-state index in [1.807, 2.05) is 18.2 Å². The molecule has 1 unspecified atom stereocenters. The zero-order valence-electron chi connectivity index (χ0n) is 17.3. The molecule has 1 aromatic carbocycles. The van der Waals surface area contributed by atoms with Crippen LogP contribution in [0.2, 0.25) is 0 Å². The molecule has 160 valence electrons. The van der Waals surface area contributed by atoms with Crippen molar-refractivity contribution in [3.05, 3.63) is 29.3 Å². The van der Waals surface area contributed by atoms with E-state index in [0.717, 1.165) is 17.7 Å². The highest BCUT2D eigenvalue weighted by molar-refractivity contribution is 6.05. The second-order valence-corrected chi connectivity index (χ2v) is 8.97. The van der Waals surface area contributed by atoms with Crippen molar-refractivity contribution in [2.45, 2.75) is 76.1 Å². The van der Waals surface area contributed by atoms with E-state index in [1.54, 1.807) is 4.90 Å². The topological polar surface area (TPSA) is 79.0 Å². The van der Waals surface area contributed by atoms with E-state index >= 15 is 0 Å². The molecule has 4 aliphatic rings. The Morgan fingerprint density at radius 1 is 0.967 bits per heavy atom. The van der Waals surface area contributed by atoms with Crippen LogP contribution >= 0.6 is 0 Å². The molecular weight excluding hydrogens is 382 g/mol. The predicted molar refractivity (Wildman–Crippen MR) is 110 cm³/mol. The van der Waals surface area contributed by atoms with Gasteiger partial charge in [-0.1, -0.05) is 6.42 Å². The summed E-state index contributed by atoms with van der Waals surface area (Å²) in [6.45, 7) is 2.73. The molecule has 0 spiro atoms. The van der Waals surface area contributed by atoms with Crippen molar-refractivity contribution >= 4 is 17.7 Å². The number of ether oxygens (including phenoxy) is 1. The number of carbonyl (C=O) groups is 3. The quantitative estimate of drug-likeness (QED) is 0.769. The molecule has 1 aromatic rings. The Kier molecular flexibility index (Phi) is 5.23. The van der Waals surface area contributed by atoms with Crippen molar-refractivity contribution in [3.8, 4) is 5.75 Å². The number of benzene rings is 1. The SMILES string of the molecule is O=C1CCC(N2Cc3cc(O[C@H]4CCC[C@@H]4N4CCCCC4)ccc3C2=O)C(=O)N1. The predicted octanol–water partition coefficient (Wildman–Crippen LogP) is 2.23. The van der Waals surface area contributed by atoms with Gasteiger partial charge in [0.1, 0.15) is 17.9 Å². The molecule has 0 radical (unpaired) electrons. The van der Waals surface area contributed by atoms with Crippen molar-refractivity contribution in [1.82, 2.24) is 15.1 Å². The van der Waals surface area contributed by atoms with E-state index < -0.39 is 6.04 Å². The third-order valence-corrected chi connectivity index (χ3v) is 7.06. The van der Waals surface area contributed by atoms with Gasteiger partial charge in [0.15, 0.2) is 0 Å². The average Bonchev–Trinajstić information content (AvgIpc) is 3.33. The van der Waals surface area contributed by atoms with Gasteiger partial charge in [-0.05, 0) is 75.4 Å². The lowest BCUT2D eigenvalue weighted by Gasteiger charge is -2.35. The number of nitrogens with one attached hydrogen (secondary N) is 1. The Balaban J connectivity index is 1.28. The standard InChI is InChI=1S/C23H29N3O4/c27-21-10-9-19(22(28)24-21)26-14-15-13-16(7-8-17(15)23(26)29)30-20-6-4-5-18(20)25-11-2-1-3-12-25/h7-8,13,18-20H,1-6,9-12,14H2,(H,24,27,28)/t18-,19?,20-/m0/s1. The van der Waals surface area contributed by atoms with Crippen molar-refractivity contribution in [2.75, 3.05) is 13.1 Å². The lowest BCUT2D eigenvalue weighted by molar-refractivity contribution is -0.136. The molecule has 3 aliphatic heterocycles. The van der Waals surface area contributed by atoms with E-state index in [1.165, 1.54) is 45.2 Å². The number of likely N-dealkylation sites (tertiary alicyclic amines) is 1. The van der Waals surface area contributed by atoms with Crippen LogP contribution < -0.4 is 10.1 Å². The number of piperidine rings is 2. The zero-order valence-corrected chi connectivity index (χ0v) is 17.3. The monoisotopic (exact) mass is 411 g/mol. The molecule has 0 aromatic heterocycles. The molecule has 30 heavy (non-hydrogen) atoms. The summed E-state index contributed by atoms with van der Waals surface area (Å²) in [5, 5.41) is 2.35. The van der Waals surface area contributed by atoms with Gasteiger partial charge in [0.25, 0.3) is 5.91 Å². The van der Waals surface area contributed by atoms with Crippen LogP contribution in [0.15, 0.2) is 18.2 Å². The lowest BCUT2D eigenvalue weighted by atomic mass is 10.0. The van der Waals surface area contributed by atoms with Crippen molar-refractivity contribution in [2.24, 2.45) is 0 Å². The first-order valence-electron chi connectivity index (χ1n) is 11.3. The number of fused-ring (bicyclic) bond motifs is 1. The highest BCUT2D eigenvalue weighted by Gasteiger charge is 2.39. The van der Waals surface area contributed by atoms with Crippen LogP contribution in [0.25, 0.3) is 0 Å². The summed E-state index contributed by atoms with van der Waals surface area (Å²) in [5.41, 5.74) is 1.53.